The molecule has 156 valence electrons. The van der Waals surface area contributed by atoms with E-state index in [-0.39, 0.29) is 0 Å². The predicted octanol–water partition coefficient (Wildman–Crippen LogP) is 6.17. The molecule has 0 amide bonds. The van der Waals surface area contributed by atoms with Crippen molar-refractivity contribution in [3.8, 4) is 22.8 Å². The smallest absolute Gasteiger partial charge is 0.259 e. The van der Waals surface area contributed by atoms with Gasteiger partial charge in [0, 0.05) is 29.1 Å². The van der Waals surface area contributed by atoms with Crippen LogP contribution >= 0.6 is 11.6 Å². The lowest BCUT2D eigenvalue weighted by Crippen LogP contribution is -2.31. The van der Waals surface area contributed by atoms with Crippen LogP contribution in [0.5, 0.6) is 0 Å². The second-order valence-electron chi connectivity index (χ2n) is 7.92. The summed E-state index contributed by atoms with van der Waals surface area (Å²) >= 11 is 6.01. The Morgan fingerprint density at radius 1 is 0.844 bits per heavy atom. The number of aromatic nitrogens is 3. The second kappa shape index (κ2) is 7.77. The van der Waals surface area contributed by atoms with E-state index in [0.29, 0.717) is 16.7 Å². The van der Waals surface area contributed by atoms with Crippen LogP contribution in [0, 0.1) is 0 Å². The van der Waals surface area contributed by atoms with Gasteiger partial charge in [-0.2, -0.15) is 4.98 Å². The van der Waals surface area contributed by atoms with Crippen LogP contribution in [-0.2, 0) is 13.0 Å². The molecule has 0 saturated heterocycles. The minimum absolute atomic E-state index is 0.479. The average Bonchev–Trinajstić information content (AvgIpc) is 3.33. The van der Waals surface area contributed by atoms with Crippen LogP contribution in [0.2, 0.25) is 5.02 Å². The highest BCUT2D eigenvalue weighted by molar-refractivity contribution is 6.30. The maximum absolute atomic E-state index is 6.01. The van der Waals surface area contributed by atoms with Gasteiger partial charge in [-0.25, -0.2) is 4.98 Å². The summed E-state index contributed by atoms with van der Waals surface area (Å²) < 4.78 is 5.70. The summed E-state index contributed by atoms with van der Waals surface area (Å²) in [5.41, 5.74) is 5.41. The number of fused-ring (bicyclic) bond motifs is 2. The van der Waals surface area contributed by atoms with Crippen LogP contribution in [0.25, 0.3) is 33.7 Å². The lowest BCUT2D eigenvalue weighted by Gasteiger charge is -2.30. The fourth-order valence-electron chi connectivity index (χ4n) is 4.24. The fraction of sp³-hybridized carbons (Fsp3) is 0.115. The molecule has 0 aliphatic carbocycles. The van der Waals surface area contributed by atoms with E-state index in [1.165, 1.54) is 11.1 Å². The van der Waals surface area contributed by atoms with Crippen LogP contribution < -0.4 is 4.90 Å². The quantitative estimate of drug-likeness (QED) is 0.337. The number of para-hydroxylation sites is 1. The minimum Gasteiger partial charge on any atom is -0.352 e. The Labute approximate surface area is 190 Å². The third-order valence-electron chi connectivity index (χ3n) is 5.92. The molecule has 0 saturated carbocycles. The number of benzene rings is 3. The van der Waals surface area contributed by atoms with E-state index in [1.807, 2.05) is 48.5 Å². The molecule has 32 heavy (non-hydrogen) atoms. The van der Waals surface area contributed by atoms with Gasteiger partial charge in [-0.3, -0.25) is 0 Å². The number of halogens is 1. The molecule has 6 heteroatoms. The van der Waals surface area contributed by atoms with E-state index in [9.17, 15) is 0 Å². The van der Waals surface area contributed by atoms with E-state index in [0.717, 1.165) is 47.4 Å². The molecule has 1 aliphatic heterocycles. The number of hydrogen-bond donors (Lipinski definition) is 0. The van der Waals surface area contributed by atoms with Crippen molar-refractivity contribution in [1.82, 2.24) is 15.1 Å². The van der Waals surface area contributed by atoms with Crippen LogP contribution in [0.15, 0.2) is 83.4 Å². The van der Waals surface area contributed by atoms with Crippen molar-refractivity contribution in [3.05, 3.63) is 95.0 Å². The summed E-state index contributed by atoms with van der Waals surface area (Å²) in [6, 6.07) is 26.2. The van der Waals surface area contributed by atoms with E-state index in [4.69, 9.17) is 21.1 Å². The Kier molecular flexibility index (Phi) is 4.62. The molecule has 1 aliphatic rings. The topological polar surface area (TPSA) is 55.1 Å². The van der Waals surface area contributed by atoms with Crippen molar-refractivity contribution in [3.63, 3.8) is 0 Å². The molecule has 3 aromatic carbocycles. The highest BCUT2D eigenvalue weighted by atomic mass is 35.5. The first-order chi connectivity index (χ1) is 15.7. The molecule has 0 atom stereocenters. The SMILES string of the molecule is Clc1ccc(-c2noc(-c3cc(N4CCc5ccccc5C4)nc4ccccc34)n2)cc1. The molecule has 0 fully saturated rings. The van der Waals surface area contributed by atoms with Gasteiger partial charge in [0.05, 0.1) is 11.1 Å². The Morgan fingerprint density at radius 3 is 2.50 bits per heavy atom. The van der Waals surface area contributed by atoms with Crippen molar-refractivity contribution in [1.29, 1.82) is 0 Å². The highest BCUT2D eigenvalue weighted by Crippen LogP contribution is 2.33. The molecular weight excluding hydrogens is 420 g/mol. The second-order valence-corrected chi connectivity index (χ2v) is 8.35. The largest absolute Gasteiger partial charge is 0.352 e. The van der Waals surface area contributed by atoms with E-state index in [2.05, 4.69) is 45.4 Å². The van der Waals surface area contributed by atoms with Gasteiger partial charge in [-0.1, -0.05) is 59.2 Å². The maximum Gasteiger partial charge on any atom is 0.259 e. The normalized spacial score (nSPS) is 13.3. The summed E-state index contributed by atoms with van der Waals surface area (Å²) in [4.78, 5) is 12.0. The summed E-state index contributed by atoms with van der Waals surface area (Å²) in [5.74, 6) is 1.93. The van der Waals surface area contributed by atoms with Crippen LogP contribution in [0.4, 0.5) is 5.82 Å². The summed E-state index contributed by atoms with van der Waals surface area (Å²) in [5, 5.41) is 5.87. The Bertz CT molecular complexity index is 1430. The van der Waals surface area contributed by atoms with Crippen LogP contribution in [0.1, 0.15) is 11.1 Å². The first kappa shape index (κ1) is 19.0. The number of nitrogens with zero attached hydrogens (tertiary/aromatic N) is 4. The van der Waals surface area contributed by atoms with Gasteiger partial charge in [-0.15, -0.1) is 0 Å². The Balaban J connectivity index is 1.43. The van der Waals surface area contributed by atoms with Crippen molar-refractivity contribution in [2.75, 3.05) is 11.4 Å². The van der Waals surface area contributed by atoms with Crippen molar-refractivity contribution >= 4 is 28.3 Å². The van der Waals surface area contributed by atoms with Crippen molar-refractivity contribution < 1.29 is 4.52 Å². The molecule has 3 heterocycles. The summed E-state index contributed by atoms with van der Waals surface area (Å²) in [6.45, 7) is 1.75. The van der Waals surface area contributed by atoms with E-state index < -0.39 is 0 Å². The van der Waals surface area contributed by atoms with Crippen LogP contribution in [0.3, 0.4) is 0 Å². The minimum atomic E-state index is 0.479. The first-order valence-electron chi connectivity index (χ1n) is 10.6. The molecule has 0 N–H and O–H groups in total. The predicted molar refractivity (Wildman–Crippen MR) is 127 cm³/mol. The Hall–Kier alpha value is -3.70. The molecular formula is C26H19ClN4O. The summed E-state index contributed by atoms with van der Waals surface area (Å²) in [7, 11) is 0. The zero-order valence-electron chi connectivity index (χ0n) is 17.2. The van der Waals surface area contributed by atoms with Gasteiger partial charge in [-0.05, 0) is 53.9 Å². The number of hydrogen-bond acceptors (Lipinski definition) is 5. The third-order valence-corrected chi connectivity index (χ3v) is 6.17. The van der Waals surface area contributed by atoms with Gasteiger partial charge in [0.2, 0.25) is 5.82 Å². The first-order valence-corrected chi connectivity index (χ1v) is 10.9. The third kappa shape index (κ3) is 3.41. The van der Waals surface area contributed by atoms with Gasteiger partial charge < -0.3 is 9.42 Å². The Morgan fingerprint density at radius 2 is 1.62 bits per heavy atom. The number of rotatable bonds is 3. The summed E-state index contributed by atoms with van der Waals surface area (Å²) in [6.07, 6.45) is 1.00. The lowest BCUT2D eigenvalue weighted by atomic mass is 9.99. The lowest BCUT2D eigenvalue weighted by molar-refractivity contribution is 0.432. The zero-order valence-corrected chi connectivity index (χ0v) is 18.0. The monoisotopic (exact) mass is 438 g/mol. The molecule has 0 spiro atoms. The van der Waals surface area contributed by atoms with Gasteiger partial charge in [0.25, 0.3) is 5.89 Å². The van der Waals surface area contributed by atoms with Crippen molar-refractivity contribution in [2.45, 2.75) is 13.0 Å². The number of pyridine rings is 1. The molecule has 0 unspecified atom stereocenters. The molecule has 2 aromatic heterocycles. The average molecular weight is 439 g/mol. The zero-order chi connectivity index (χ0) is 21.5. The highest BCUT2D eigenvalue weighted by Gasteiger charge is 2.21. The van der Waals surface area contributed by atoms with E-state index >= 15 is 0 Å². The van der Waals surface area contributed by atoms with Gasteiger partial charge >= 0.3 is 0 Å². The number of anilines is 1. The van der Waals surface area contributed by atoms with Crippen molar-refractivity contribution in [2.24, 2.45) is 0 Å². The molecule has 0 radical (unpaired) electrons. The van der Waals surface area contributed by atoms with Gasteiger partial charge in [0.1, 0.15) is 5.82 Å². The molecule has 6 rings (SSSR count). The van der Waals surface area contributed by atoms with E-state index in [1.54, 1.807) is 0 Å². The van der Waals surface area contributed by atoms with Gasteiger partial charge in [0.15, 0.2) is 0 Å². The van der Waals surface area contributed by atoms with Crippen LogP contribution in [-0.4, -0.2) is 21.7 Å². The molecule has 0 bridgehead atoms. The molecule has 5 nitrogen and oxygen atoms in total. The standard InChI is InChI=1S/C26H19ClN4O/c27-20-11-9-18(10-12-20)25-29-26(32-30-25)22-15-24(28-23-8-4-3-7-21(22)23)31-14-13-17-5-1-2-6-19(17)16-31/h1-12,15H,13-14,16H2. The fourth-order valence-corrected chi connectivity index (χ4v) is 4.37. The molecule has 5 aromatic rings. The maximum atomic E-state index is 6.01.